The van der Waals surface area contributed by atoms with Crippen molar-refractivity contribution in [2.24, 2.45) is 0 Å². The highest BCUT2D eigenvalue weighted by Gasteiger charge is 2.37. The third-order valence-corrected chi connectivity index (χ3v) is 4.42. The molecule has 0 bridgehead atoms. The summed E-state index contributed by atoms with van der Waals surface area (Å²) in [5, 5.41) is 2.74. The van der Waals surface area contributed by atoms with Crippen LogP contribution in [-0.2, 0) is 4.74 Å². The van der Waals surface area contributed by atoms with E-state index in [0.29, 0.717) is 6.42 Å². The zero-order valence-electron chi connectivity index (χ0n) is 16.1. The summed E-state index contributed by atoms with van der Waals surface area (Å²) in [7, 11) is 0. The number of nitrogens with zero attached hydrogens (tertiary/aromatic N) is 4. The molecule has 1 N–H and O–H groups in total. The largest absolute Gasteiger partial charge is 0.444 e. The second kappa shape index (κ2) is 7.33. The topological polar surface area (TPSA) is 88.8 Å². The van der Waals surface area contributed by atoms with E-state index >= 15 is 0 Å². The Kier molecular flexibility index (Phi) is 5.22. The van der Waals surface area contributed by atoms with Crippen molar-refractivity contribution in [3.05, 3.63) is 30.0 Å². The fourth-order valence-electron chi connectivity index (χ4n) is 3.27. The standard InChI is InChI=1S/C18H23F2N5O3/c1-10-7-11(9-25(10)17(27)28-18(2,3)4)22-16(26)14-13(15(19)20)23-12-8-21-5-6-24(12)14/h5-6,8,10-11,15H,7,9H2,1-4H3,(H,22,26). The number of amides is 2. The minimum absolute atomic E-state index is 0.152. The lowest BCUT2D eigenvalue weighted by atomic mass is 10.2. The Bertz CT molecular complexity index is 893. The molecule has 28 heavy (non-hydrogen) atoms. The van der Waals surface area contributed by atoms with Gasteiger partial charge >= 0.3 is 6.09 Å². The van der Waals surface area contributed by atoms with Crippen molar-refractivity contribution >= 4 is 17.6 Å². The molecule has 0 saturated carbocycles. The van der Waals surface area contributed by atoms with Gasteiger partial charge in [0.05, 0.1) is 6.20 Å². The normalized spacial score (nSPS) is 20.0. The molecule has 0 spiro atoms. The van der Waals surface area contributed by atoms with Crippen LogP contribution in [0.5, 0.6) is 0 Å². The van der Waals surface area contributed by atoms with Crippen LogP contribution >= 0.6 is 0 Å². The highest BCUT2D eigenvalue weighted by atomic mass is 19.3. The molecule has 2 aromatic heterocycles. The van der Waals surface area contributed by atoms with E-state index in [1.807, 2.05) is 6.92 Å². The lowest BCUT2D eigenvalue weighted by molar-refractivity contribution is 0.0235. The van der Waals surface area contributed by atoms with Crippen LogP contribution in [0, 0.1) is 0 Å². The summed E-state index contributed by atoms with van der Waals surface area (Å²) >= 11 is 0. The van der Waals surface area contributed by atoms with Gasteiger partial charge in [-0.15, -0.1) is 0 Å². The first-order chi connectivity index (χ1) is 13.1. The number of hydrogen-bond donors (Lipinski definition) is 1. The molecule has 1 aliphatic rings. The molecule has 2 aromatic rings. The smallest absolute Gasteiger partial charge is 0.410 e. The number of carbonyl (C=O) groups excluding carboxylic acids is 2. The molecule has 2 unspecified atom stereocenters. The van der Waals surface area contributed by atoms with E-state index in [-0.39, 0.29) is 30.0 Å². The van der Waals surface area contributed by atoms with Crippen LogP contribution < -0.4 is 5.32 Å². The summed E-state index contributed by atoms with van der Waals surface area (Å²) in [6, 6.07) is -0.533. The van der Waals surface area contributed by atoms with E-state index in [4.69, 9.17) is 4.74 Å². The zero-order chi connectivity index (χ0) is 20.6. The van der Waals surface area contributed by atoms with Gasteiger partial charge in [0.2, 0.25) is 0 Å². The molecule has 0 aromatic carbocycles. The van der Waals surface area contributed by atoms with Crippen LogP contribution in [0.3, 0.4) is 0 Å². The summed E-state index contributed by atoms with van der Waals surface area (Å²) in [6.45, 7) is 7.41. The maximum absolute atomic E-state index is 13.4. The minimum Gasteiger partial charge on any atom is -0.444 e. The van der Waals surface area contributed by atoms with Gasteiger partial charge in [-0.1, -0.05) is 0 Å². The summed E-state index contributed by atoms with van der Waals surface area (Å²) in [4.78, 5) is 34.3. The van der Waals surface area contributed by atoms with Crippen molar-refractivity contribution < 1.29 is 23.1 Å². The number of carbonyl (C=O) groups is 2. The first kappa shape index (κ1) is 20.0. The Morgan fingerprint density at radius 2 is 2.07 bits per heavy atom. The Morgan fingerprint density at radius 3 is 2.71 bits per heavy atom. The van der Waals surface area contributed by atoms with Gasteiger partial charge in [-0.25, -0.2) is 18.6 Å². The maximum Gasteiger partial charge on any atom is 0.410 e. The van der Waals surface area contributed by atoms with E-state index in [2.05, 4.69) is 15.3 Å². The van der Waals surface area contributed by atoms with Crippen LogP contribution in [0.2, 0.25) is 0 Å². The highest BCUT2D eigenvalue weighted by Crippen LogP contribution is 2.25. The Labute approximate surface area is 160 Å². The average molecular weight is 395 g/mol. The maximum atomic E-state index is 13.4. The first-order valence-corrected chi connectivity index (χ1v) is 8.97. The summed E-state index contributed by atoms with van der Waals surface area (Å²) < 4.78 is 33.4. The number of likely N-dealkylation sites (tertiary alicyclic amines) is 1. The summed E-state index contributed by atoms with van der Waals surface area (Å²) in [5.74, 6) is -0.669. The van der Waals surface area contributed by atoms with E-state index in [1.165, 1.54) is 27.9 Å². The van der Waals surface area contributed by atoms with E-state index < -0.39 is 29.7 Å². The van der Waals surface area contributed by atoms with Crippen LogP contribution in [-0.4, -0.2) is 55.5 Å². The van der Waals surface area contributed by atoms with Gasteiger partial charge in [0, 0.05) is 31.0 Å². The lowest BCUT2D eigenvalue weighted by Gasteiger charge is -2.26. The Balaban J connectivity index is 1.77. The van der Waals surface area contributed by atoms with Crippen LogP contribution in [0.1, 0.15) is 56.7 Å². The highest BCUT2D eigenvalue weighted by molar-refractivity contribution is 5.95. The SMILES string of the molecule is CC1CC(NC(=O)c2c(C(F)F)nc3cnccn23)CN1C(=O)OC(C)(C)C. The average Bonchev–Trinajstić information content (AvgIpc) is 3.13. The molecule has 1 fully saturated rings. The van der Waals surface area contributed by atoms with Crippen molar-refractivity contribution in [3.63, 3.8) is 0 Å². The van der Waals surface area contributed by atoms with Crippen molar-refractivity contribution in [3.8, 4) is 0 Å². The van der Waals surface area contributed by atoms with Crippen molar-refractivity contribution in [2.45, 2.75) is 58.2 Å². The van der Waals surface area contributed by atoms with E-state index in [0.717, 1.165) is 0 Å². The molecule has 1 aliphatic heterocycles. The zero-order valence-corrected chi connectivity index (χ0v) is 16.1. The molecular formula is C18H23F2N5O3. The third kappa shape index (κ3) is 4.05. The number of fused-ring (bicyclic) bond motifs is 1. The Morgan fingerprint density at radius 1 is 1.36 bits per heavy atom. The van der Waals surface area contributed by atoms with E-state index in [1.54, 1.807) is 20.8 Å². The first-order valence-electron chi connectivity index (χ1n) is 8.97. The quantitative estimate of drug-likeness (QED) is 0.863. The fourth-order valence-corrected chi connectivity index (χ4v) is 3.27. The van der Waals surface area contributed by atoms with E-state index in [9.17, 15) is 18.4 Å². The molecular weight excluding hydrogens is 372 g/mol. The number of aromatic nitrogens is 3. The predicted molar refractivity (Wildman–Crippen MR) is 96.2 cm³/mol. The number of ether oxygens (including phenoxy) is 1. The van der Waals surface area contributed by atoms with Crippen LogP contribution in [0.25, 0.3) is 5.65 Å². The Hall–Kier alpha value is -2.78. The molecule has 0 radical (unpaired) electrons. The number of alkyl halides is 2. The van der Waals surface area contributed by atoms with Gasteiger partial charge in [-0.05, 0) is 34.1 Å². The summed E-state index contributed by atoms with van der Waals surface area (Å²) in [6.07, 6.45) is 1.24. The number of nitrogens with one attached hydrogen (secondary N) is 1. The van der Waals surface area contributed by atoms with Crippen LogP contribution in [0.4, 0.5) is 13.6 Å². The van der Waals surface area contributed by atoms with Crippen molar-refractivity contribution in [1.29, 1.82) is 0 Å². The molecule has 0 aliphatic carbocycles. The number of imidazole rings is 1. The second-order valence-electron chi connectivity index (χ2n) is 7.84. The number of rotatable bonds is 3. The lowest BCUT2D eigenvalue weighted by Crippen LogP contribution is -2.41. The van der Waals surface area contributed by atoms with Gasteiger partial charge in [0.25, 0.3) is 12.3 Å². The van der Waals surface area contributed by atoms with Gasteiger partial charge < -0.3 is 15.0 Å². The molecule has 2 amide bonds. The monoisotopic (exact) mass is 395 g/mol. The molecule has 8 nitrogen and oxygen atoms in total. The number of hydrogen-bond acceptors (Lipinski definition) is 5. The van der Waals surface area contributed by atoms with Gasteiger partial charge in [-0.2, -0.15) is 0 Å². The van der Waals surface area contributed by atoms with Gasteiger partial charge in [0.15, 0.2) is 5.65 Å². The van der Waals surface area contributed by atoms with Crippen LogP contribution in [0.15, 0.2) is 18.6 Å². The van der Waals surface area contributed by atoms with Crippen molar-refractivity contribution in [1.82, 2.24) is 24.6 Å². The van der Waals surface area contributed by atoms with Crippen molar-refractivity contribution in [2.75, 3.05) is 6.54 Å². The molecule has 2 atom stereocenters. The molecule has 1 saturated heterocycles. The molecule has 3 rings (SSSR count). The fraction of sp³-hybridized carbons (Fsp3) is 0.556. The van der Waals surface area contributed by atoms with Gasteiger partial charge in [0.1, 0.15) is 17.0 Å². The predicted octanol–water partition coefficient (Wildman–Crippen LogP) is 2.79. The molecule has 152 valence electrons. The number of halogens is 2. The third-order valence-electron chi connectivity index (χ3n) is 4.42. The second-order valence-corrected chi connectivity index (χ2v) is 7.84. The minimum atomic E-state index is -2.90. The summed E-state index contributed by atoms with van der Waals surface area (Å²) in [5.41, 5.74) is -1.29. The molecule has 3 heterocycles. The molecule has 10 heteroatoms. The van der Waals surface area contributed by atoms with Gasteiger partial charge in [-0.3, -0.25) is 14.2 Å².